The zero-order valence-electron chi connectivity index (χ0n) is 92.9. The molecule has 0 amide bonds. The predicted octanol–water partition coefficient (Wildman–Crippen LogP) is 32.0. The van der Waals surface area contributed by atoms with E-state index in [2.05, 4.69) is 400 Å². The summed E-state index contributed by atoms with van der Waals surface area (Å²) in [4.78, 5) is 23.7. The monoisotopic (exact) mass is 2030 g/mol. The van der Waals surface area contributed by atoms with Crippen LogP contribution in [-0.2, 0) is 13.0 Å². The molecule has 150 heavy (non-hydrogen) atoms. The lowest BCUT2D eigenvalue weighted by atomic mass is 9.51. The van der Waals surface area contributed by atoms with Crippen LogP contribution in [0.3, 0.4) is 0 Å². The van der Waals surface area contributed by atoms with Gasteiger partial charge in [-0.15, -0.1) is 11.3 Å². The summed E-state index contributed by atoms with van der Waals surface area (Å²) in [5.41, 5.74) is 28.3. The van der Waals surface area contributed by atoms with E-state index in [0.717, 1.165) is 142 Å². The van der Waals surface area contributed by atoms with Gasteiger partial charge in [0, 0.05) is 93.9 Å². The fourth-order valence-electron chi connectivity index (χ4n) is 21.6. The Balaban J connectivity index is 0.000000148. The van der Waals surface area contributed by atoms with Crippen LogP contribution >= 0.6 is 11.3 Å². The summed E-state index contributed by atoms with van der Waals surface area (Å²) in [7, 11) is 8.45. The van der Waals surface area contributed by atoms with Gasteiger partial charge in [0.15, 0.2) is 5.78 Å². The van der Waals surface area contributed by atoms with E-state index < -0.39 is 0 Å². The number of nitrogens with zero attached hydrogens (tertiary/aromatic N) is 5. The highest BCUT2D eigenvalue weighted by molar-refractivity contribution is 7.22. The maximum absolute atomic E-state index is 13.7. The molecule has 2 saturated carbocycles. The smallest absolute Gasteiger partial charge is 0.195 e. The maximum Gasteiger partial charge on any atom is 0.195 e. The van der Waals surface area contributed by atoms with Crippen molar-refractivity contribution in [3.05, 3.63) is 405 Å². The molecule has 14 heteroatoms. The molecule has 18 rings (SSSR count). The average Bonchev–Trinajstić information content (AvgIpc) is 1.49. The molecule has 13 nitrogen and oxygen atoms in total. The second-order valence-electron chi connectivity index (χ2n) is 43.2. The lowest BCUT2D eigenvalue weighted by molar-refractivity contribution is -0.0450. The number of carbonyl (C=O) groups is 1. The highest BCUT2D eigenvalue weighted by Crippen LogP contribution is 2.63. The van der Waals surface area contributed by atoms with Crippen molar-refractivity contribution >= 4 is 60.4 Å². The van der Waals surface area contributed by atoms with Crippen LogP contribution in [-0.4, -0.2) is 156 Å². The van der Waals surface area contributed by atoms with Gasteiger partial charge in [-0.3, -0.25) is 4.79 Å². The van der Waals surface area contributed by atoms with Crippen molar-refractivity contribution in [1.82, 2.24) is 24.2 Å². The van der Waals surface area contributed by atoms with Crippen LogP contribution in [0.15, 0.2) is 322 Å². The van der Waals surface area contributed by atoms with Crippen molar-refractivity contribution in [2.75, 3.05) is 80.8 Å². The van der Waals surface area contributed by atoms with Crippen molar-refractivity contribution in [2.24, 2.45) is 29.1 Å². The van der Waals surface area contributed by atoms with Crippen molar-refractivity contribution < 1.29 is 39.1 Å². The first-order valence-electron chi connectivity index (χ1n) is 54.7. The number of benzene rings is 13. The second-order valence-corrected chi connectivity index (χ2v) is 44.3. The average molecular weight is 2030 g/mol. The number of hydrogen-bond donors (Lipinski definition) is 3. The number of likely N-dealkylation sites (N-methyl/N-ethyl adjacent to an activating group) is 4. The van der Waals surface area contributed by atoms with Gasteiger partial charge in [0.25, 0.3) is 0 Å². The minimum absolute atomic E-state index is 0.0337. The first-order valence-corrected chi connectivity index (χ1v) is 55.5. The lowest BCUT2D eigenvalue weighted by Crippen LogP contribution is -2.48. The van der Waals surface area contributed by atoms with Crippen LogP contribution in [0.5, 0.6) is 34.5 Å². The highest BCUT2D eigenvalue weighted by Gasteiger charge is 2.57. The molecule has 0 spiro atoms. The molecule has 2 fully saturated rings. The Bertz CT molecular complexity index is 6860. The molecule has 13 aromatic carbocycles. The number of ether oxygens (including phenoxy) is 4. The largest absolute Gasteiger partial charge is 0.508 e. The molecule has 0 saturated heterocycles. The number of thiophene rings is 1. The van der Waals surface area contributed by atoms with Crippen LogP contribution < -0.4 is 18.9 Å². The van der Waals surface area contributed by atoms with Crippen molar-refractivity contribution in [3.63, 3.8) is 0 Å². The zero-order valence-corrected chi connectivity index (χ0v) is 93.7. The fourth-order valence-corrected chi connectivity index (χ4v) is 22.8. The van der Waals surface area contributed by atoms with Crippen molar-refractivity contribution in [2.45, 2.75) is 212 Å². The van der Waals surface area contributed by atoms with Crippen LogP contribution in [0.4, 0.5) is 0 Å². The number of ketones is 1. The number of aliphatic hydroxyl groups is 1. The third kappa shape index (κ3) is 28.9. The Morgan fingerprint density at radius 3 is 1.30 bits per heavy atom. The predicted molar refractivity (Wildman–Crippen MR) is 632 cm³/mol. The number of hydrogen-bond acceptors (Lipinski definition) is 13. The number of aromatic nitrogens is 1. The highest BCUT2D eigenvalue weighted by atomic mass is 32.1. The number of carbonyl (C=O) groups excluding carboxylic acids is 1. The van der Waals surface area contributed by atoms with Gasteiger partial charge in [0.1, 0.15) is 60.9 Å². The van der Waals surface area contributed by atoms with Gasteiger partial charge in [0.2, 0.25) is 0 Å². The van der Waals surface area contributed by atoms with E-state index in [-0.39, 0.29) is 23.1 Å². The van der Waals surface area contributed by atoms with Crippen LogP contribution in [0.1, 0.15) is 229 Å². The molecule has 0 radical (unpaired) electrons. The molecular weight excluding hydrogens is 1860 g/mol. The van der Waals surface area contributed by atoms with Gasteiger partial charge in [-0.2, -0.15) is 0 Å². The van der Waals surface area contributed by atoms with Gasteiger partial charge >= 0.3 is 0 Å². The molecule has 3 N–H and O–H groups in total. The van der Waals surface area contributed by atoms with Gasteiger partial charge in [0.05, 0.1) is 11.8 Å². The summed E-state index contributed by atoms with van der Waals surface area (Å²) < 4.78 is 27.0. The Morgan fingerprint density at radius 1 is 0.433 bits per heavy atom. The van der Waals surface area contributed by atoms with Crippen molar-refractivity contribution in [3.8, 4) is 56.2 Å². The van der Waals surface area contributed by atoms with Crippen LogP contribution in [0.2, 0.25) is 0 Å². The Morgan fingerprint density at radius 2 is 0.847 bits per heavy atom. The molecule has 2 heterocycles. The topological polar surface area (TPSA) is 133 Å². The van der Waals surface area contributed by atoms with Gasteiger partial charge < -0.3 is 58.4 Å². The third-order valence-corrected chi connectivity index (χ3v) is 32.7. The normalized spacial score (nSPS) is 16.5. The van der Waals surface area contributed by atoms with Gasteiger partial charge in [-0.1, -0.05) is 282 Å². The number of aliphatic hydroxyl groups excluding tert-OH is 1. The third-order valence-electron chi connectivity index (χ3n) is 31.5. The molecule has 2 aromatic heterocycles. The lowest BCUT2D eigenvalue weighted by Gasteiger charge is -2.54. The Kier molecular flexibility index (Phi) is 40.4. The molecule has 2 unspecified atom stereocenters. The van der Waals surface area contributed by atoms with E-state index in [1.54, 1.807) is 29.3 Å². The first-order chi connectivity index (χ1) is 72.3. The molecule has 3 aliphatic rings. The molecule has 0 aliphatic heterocycles. The summed E-state index contributed by atoms with van der Waals surface area (Å²) >= 11 is 1.53. The quantitative estimate of drug-likeness (QED) is 0.0255. The molecule has 3 aliphatic carbocycles. The number of fused-ring (bicyclic) bond motifs is 7. The van der Waals surface area contributed by atoms with E-state index in [9.17, 15) is 20.1 Å². The molecule has 15 aromatic rings. The van der Waals surface area contributed by atoms with E-state index in [1.165, 1.54) is 132 Å². The summed E-state index contributed by atoms with van der Waals surface area (Å²) in [5, 5.41) is 32.6. The first kappa shape index (κ1) is 113. The van der Waals surface area contributed by atoms with E-state index in [1.807, 2.05) is 73.7 Å². The van der Waals surface area contributed by atoms with E-state index in [0.29, 0.717) is 67.5 Å². The standard InChI is InChI=1S/C29H34N2O2.C29H35NO.C28H29NO3S.C28H33NO.C22H32O/c1-20(2)30(5)16-17-33-26-13-8-23(9-14-26)19-31-28-15-12-25(32)18-27(28)22(4)29(31)24-10-6-21(3)7-11-24;1-5-12-28(24-13-8-6-9-14-24)29(25-15-10-7-11-16-25)26-17-19-27(20-18-26)31-22-21-30(4)23(2)3;1-18(2)29(4)15-16-32-23-12-9-20(10-13-23)27(31)26-24-14-11-22(30)17-25(24)33-28(26)21-7-5-19(3)6-8-21;1-5-27(23-12-8-6-9-13-23)28(24-14-10-7-11-15-24)25-16-18-26(19-17-25)30-21-20-29(4)22(2)3;1-13(2)18-12-15-11-14(3)5-6-16(15)17-9-10-22(4)19(21(17)18)7-8-20(22)23/h6-15,18,20,32H,16-17,19H2,1-5H3;6-11,13-20,23H,5,12,21-22H2,1-4H3;5-14,17-18,30H,15-16H2,1-4H3;6-19,22H,5,20-21H2,1-4H3;5-6,11,13,17-21,23H,7-10,12H2,1-4H3/b;29-28-;;28-27-;/t;;;;17?,18?,19-,20-,21-,22-/m....0/s1. The minimum atomic E-state index is -0.0688. The Labute approximate surface area is 900 Å². The van der Waals surface area contributed by atoms with Crippen molar-refractivity contribution in [1.29, 1.82) is 0 Å². The molecule has 6 atom stereocenters. The van der Waals surface area contributed by atoms with E-state index >= 15 is 0 Å². The molecule has 786 valence electrons. The fraction of sp³-hybridized carbons (Fsp3) is 0.360. The molecule has 0 bridgehead atoms. The number of rotatable bonds is 36. The number of aryl methyl sites for hydroxylation is 4. The molecular formula is C136H163N5O8S. The number of allylic oxidation sites excluding steroid dienone is 2. The zero-order chi connectivity index (χ0) is 107. The van der Waals surface area contributed by atoms with Gasteiger partial charge in [-0.05, 0) is 377 Å². The summed E-state index contributed by atoms with van der Waals surface area (Å²) in [5.74, 6) is 7.69. The minimum Gasteiger partial charge on any atom is -0.508 e. The maximum atomic E-state index is 13.7. The second kappa shape index (κ2) is 53.7. The Hall–Kier alpha value is -12.9. The number of phenols is 2. The summed E-state index contributed by atoms with van der Waals surface area (Å²) in [6, 6.07) is 113. The van der Waals surface area contributed by atoms with Crippen LogP contribution in [0, 0.1) is 56.8 Å². The van der Waals surface area contributed by atoms with Gasteiger partial charge in [-0.25, -0.2) is 0 Å². The SMILES string of the molecule is CC/C(=C(\c1ccccc1)c1ccc(OCCN(C)C(C)C)cc1)c1ccccc1.CCC/C(=C(\c1ccccc1)c1ccc(OCCN(C)C(C)C)cc1)c1ccccc1.Cc1ccc(-c2c(C)c3cc(O)ccc3n2Cc2ccc(OCCN(C)C(C)C)cc2)cc1.Cc1ccc(-c2sc3cc(O)ccc3c2C(=O)c2ccc(OCCN(C)C(C)C)cc2)cc1.Cc1ccc2c(c1)CC(C(C)C)[C@@H]1C2CC[C@]2(C)[C@@H](O)CC[C@@H]12. The number of phenolic OH excluding ortho intramolecular Hbond substituents is 2. The van der Waals surface area contributed by atoms with Crippen LogP contribution in [0.25, 0.3) is 65.0 Å². The summed E-state index contributed by atoms with van der Waals surface area (Å²) in [6.45, 7) is 44.7. The number of aromatic hydroxyl groups is 2. The summed E-state index contributed by atoms with van der Waals surface area (Å²) in [6.07, 6.45) is 9.03. The van der Waals surface area contributed by atoms with E-state index in [4.69, 9.17) is 18.9 Å².